The summed E-state index contributed by atoms with van der Waals surface area (Å²) in [5.74, 6) is 0.452. The number of nitrogens with one attached hydrogen (secondary N) is 1. The van der Waals surface area contributed by atoms with Crippen LogP contribution in [0.5, 0.6) is 0 Å². The second kappa shape index (κ2) is 7.47. The number of amides is 1. The Morgan fingerprint density at radius 1 is 0.958 bits per heavy atom. The van der Waals surface area contributed by atoms with E-state index in [4.69, 9.17) is 4.74 Å². The first-order chi connectivity index (χ1) is 11.7. The molecule has 0 heterocycles. The Kier molecular flexibility index (Phi) is 5.13. The van der Waals surface area contributed by atoms with E-state index < -0.39 is 6.09 Å². The van der Waals surface area contributed by atoms with Crippen LogP contribution in [0.1, 0.15) is 17.0 Å². The fourth-order valence-corrected chi connectivity index (χ4v) is 3.10. The highest BCUT2D eigenvalue weighted by Gasteiger charge is 2.49. The Labute approximate surface area is 140 Å². The molecule has 0 aromatic heterocycles. The molecule has 0 spiro atoms. The third-order valence-corrected chi connectivity index (χ3v) is 4.51. The number of carbonyl (C=O) groups excluding carboxylic acids is 1. The molecular formula is C19H21NO4. The van der Waals surface area contributed by atoms with Crippen LogP contribution in [0.2, 0.25) is 0 Å². The van der Waals surface area contributed by atoms with Crippen molar-refractivity contribution in [2.24, 2.45) is 11.8 Å². The van der Waals surface area contributed by atoms with Gasteiger partial charge in [-0.2, -0.15) is 0 Å². The van der Waals surface area contributed by atoms with Crippen molar-refractivity contribution in [1.29, 1.82) is 0 Å². The molecule has 2 aromatic carbocycles. The van der Waals surface area contributed by atoms with Crippen molar-refractivity contribution < 1.29 is 19.7 Å². The van der Waals surface area contributed by atoms with Crippen molar-refractivity contribution in [2.75, 3.05) is 18.5 Å². The van der Waals surface area contributed by atoms with Crippen molar-refractivity contribution >= 4 is 11.8 Å². The number of hydrogen-bond donors (Lipinski definition) is 3. The molecule has 3 N–H and O–H groups in total. The lowest BCUT2D eigenvalue weighted by molar-refractivity contribution is 0.155. The van der Waals surface area contributed by atoms with Gasteiger partial charge >= 0.3 is 6.09 Å². The molecule has 0 saturated heterocycles. The molecule has 3 rings (SSSR count). The van der Waals surface area contributed by atoms with Gasteiger partial charge in [0.2, 0.25) is 0 Å². The van der Waals surface area contributed by atoms with Gasteiger partial charge in [0.05, 0.1) is 0 Å². The summed E-state index contributed by atoms with van der Waals surface area (Å²) in [4.78, 5) is 11.8. The van der Waals surface area contributed by atoms with Crippen molar-refractivity contribution in [2.45, 2.75) is 12.5 Å². The second-order valence-corrected chi connectivity index (χ2v) is 6.03. The van der Waals surface area contributed by atoms with Gasteiger partial charge in [-0.15, -0.1) is 0 Å². The highest BCUT2D eigenvalue weighted by molar-refractivity contribution is 5.84. The zero-order chi connectivity index (χ0) is 16.9. The molecule has 126 valence electrons. The molecular weight excluding hydrogens is 306 g/mol. The van der Waals surface area contributed by atoms with Gasteiger partial charge in [-0.05, 0) is 41.0 Å². The van der Waals surface area contributed by atoms with E-state index >= 15 is 0 Å². The summed E-state index contributed by atoms with van der Waals surface area (Å²) in [5, 5.41) is 21.3. The van der Waals surface area contributed by atoms with Gasteiger partial charge in [0.25, 0.3) is 0 Å². The molecule has 1 fully saturated rings. The molecule has 0 radical (unpaired) electrons. The third kappa shape index (κ3) is 3.75. The van der Waals surface area contributed by atoms with Gasteiger partial charge in [-0.1, -0.05) is 42.5 Å². The molecule has 0 bridgehead atoms. The average Bonchev–Trinajstić information content (AvgIpc) is 3.35. The number of benzene rings is 2. The van der Waals surface area contributed by atoms with Crippen LogP contribution < -0.4 is 5.32 Å². The van der Waals surface area contributed by atoms with Crippen LogP contribution in [-0.2, 0) is 11.3 Å². The maximum Gasteiger partial charge on any atom is 0.411 e. The van der Waals surface area contributed by atoms with Crippen LogP contribution >= 0.6 is 0 Å². The minimum atomic E-state index is -0.500. The summed E-state index contributed by atoms with van der Waals surface area (Å²) < 4.78 is 5.17. The van der Waals surface area contributed by atoms with Crippen molar-refractivity contribution in [3.63, 3.8) is 0 Å². The average molecular weight is 327 g/mol. The zero-order valence-corrected chi connectivity index (χ0v) is 13.3. The van der Waals surface area contributed by atoms with E-state index in [0.29, 0.717) is 5.69 Å². The summed E-state index contributed by atoms with van der Waals surface area (Å²) >= 11 is 0. The number of anilines is 1. The predicted molar refractivity (Wildman–Crippen MR) is 90.6 cm³/mol. The second-order valence-electron chi connectivity index (χ2n) is 6.03. The molecule has 1 aliphatic rings. The van der Waals surface area contributed by atoms with Crippen LogP contribution in [0.3, 0.4) is 0 Å². The van der Waals surface area contributed by atoms with E-state index in [1.54, 1.807) is 12.1 Å². The maximum absolute atomic E-state index is 11.8. The van der Waals surface area contributed by atoms with Gasteiger partial charge in [0.1, 0.15) is 6.61 Å². The van der Waals surface area contributed by atoms with Gasteiger partial charge in [-0.25, -0.2) is 4.79 Å². The lowest BCUT2D eigenvalue weighted by Gasteiger charge is -2.08. The molecule has 1 saturated carbocycles. The Bertz CT molecular complexity index is 662. The van der Waals surface area contributed by atoms with E-state index in [1.165, 1.54) is 0 Å². The largest absolute Gasteiger partial charge is 0.444 e. The first-order valence-corrected chi connectivity index (χ1v) is 8.02. The standard InChI is InChI=1S/C19H21NO4/c21-10-16-17(11-22)18(16)14-6-8-15(9-7-14)20-19(23)24-12-13-4-2-1-3-5-13/h1-9,16-18,21-22H,10-12H2,(H,20,23)/t16-,17+,18?. The Morgan fingerprint density at radius 2 is 1.58 bits per heavy atom. The van der Waals surface area contributed by atoms with Gasteiger partial charge in [0.15, 0.2) is 0 Å². The van der Waals surface area contributed by atoms with Crippen molar-refractivity contribution in [1.82, 2.24) is 0 Å². The number of aliphatic hydroxyl groups is 2. The van der Waals surface area contributed by atoms with Crippen molar-refractivity contribution in [3.8, 4) is 0 Å². The maximum atomic E-state index is 11.8. The van der Waals surface area contributed by atoms with E-state index in [2.05, 4.69) is 5.32 Å². The Morgan fingerprint density at radius 3 is 2.17 bits per heavy atom. The predicted octanol–water partition coefficient (Wildman–Crippen LogP) is 2.75. The fraction of sp³-hybridized carbons (Fsp3) is 0.316. The van der Waals surface area contributed by atoms with Crippen LogP contribution in [0.4, 0.5) is 10.5 Å². The normalized spacial score (nSPS) is 22.0. The third-order valence-electron chi connectivity index (χ3n) is 4.51. The summed E-state index contributed by atoms with van der Waals surface area (Å²) in [6, 6.07) is 16.9. The lowest BCUT2D eigenvalue weighted by atomic mass is 10.1. The zero-order valence-electron chi connectivity index (χ0n) is 13.3. The Balaban J connectivity index is 1.52. The molecule has 3 atom stereocenters. The number of rotatable bonds is 6. The molecule has 0 aliphatic heterocycles. The van der Waals surface area contributed by atoms with E-state index in [1.807, 2.05) is 42.5 Å². The molecule has 5 nitrogen and oxygen atoms in total. The molecule has 2 aromatic rings. The number of carbonyl (C=O) groups is 1. The highest BCUT2D eigenvalue weighted by atomic mass is 16.5. The molecule has 1 unspecified atom stereocenters. The van der Waals surface area contributed by atoms with E-state index in [0.717, 1.165) is 11.1 Å². The smallest absolute Gasteiger partial charge is 0.411 e. The summed E-state index contributed by atoms with van der Waals surface area (Å²) in [5.41, 5.74) is 2.65. The van der Waals surface area contributed by atoms with Crippen LogP contribution in [0.15, 0.2) is 54.6 Å². The molecule has 24 heavy (non-hydrogen) atoms. The molecule has 5 heteroatoms. The van der Waals surface area contributed by atoms with E-state index in [9.17, 15) is 15.0 Å². The summed E-state index contributed by atoms with van der Waals surface area (Å²) in [6.07, 6.45) is -0.500. The Hall–Kier alpha value is -2.37. The minimum absolute atomic E-state index is 0.0850. The molecule has 1 aliphatic carbocycles. The fourth-order valence-electron chi connectivity index (χ4n) is 3.10. The van der Waals surface area contributed by atoms with Gasteiger partial charge in [-0.3, -0.25) is 5.32 Å². The van der Waals surface area contributed by atoms with Gasteiger partial charge in [0, 0.05) is 18.9 Å². The SMILES string of the molecule is O=C(Nc1ccc(C2[C@@H](CO)[C@H]2CO)cc1)OCc1ccccc1. The number of ether oxygens (including phenoxy) is 1. The van der Waals surface area contributed by atoms with Crippen LogP contribution in [0, 0.1) is 11.8 Å². The first-order valence-electron chi connectivity index (χ1n) is 8.02. The summed E-state index contributed by atoms with van der Waals surface area (Å²) in [7, 11) is 0. The first kappa shape index (κ1) is 16.5. The van der Waals surface area contributed by atoms with Crippen LogP contribution in [-0.4, -0.2) is 29.5 Å². The highest BCUT2D eigenvalue weighted by Crippen LogP contribution is 2.53. The van der Waals surface area contributed by atoms with E-state index in [-0.39, 0.29) is 37.6 Å². The van der Waals surface area contributed by atoms with Crippen molar-refractivity contribution in [3.05, 3.63) is 65.7 Å². The molecule has 1 amide bonds. The number of hydrogen-bond acceptors (Lipinski definition) is 4. The number of aliphatic hydroxyl groups excluding tert-OH is 2. The monoisotopic (exact) mass is 327 g/mol. The topological polar surface area (TPSA) is 78.8 Å². The van der Waals surface area contributed by atoms with Gasteiger partial charge < -0.3 is 14.9 Å². The quantitative estimate of drug-likeness (QED) is 0.762. The summed E-state index contributed by atoms with van der Waals surface area (Å²) in [6.45, 7) is 0.395. The lowest BCUT2D eigenvalue weighted by Crippen LogP contribution is -2.13. The minimum Gasteiger partial charge on any atom is -0.444 e. The van der Waals surface area contributed by atoms with Crippen LogP contribution in [0.25, 0.3) is 0 Å².